The third kappa shape index (κ3) is 2.74. The first-order valence-electron chi connectivity index (χ1n) is 6.76. The third-order valence-corrected chi connectivity index (χ3v) is 3.37. The van der Waals surface area contributed by atoms with Crippen LogP contribution in [0.3, 0.4) is 0 Å². The van der Waals surface area contributed by atoms with E-state index in [1.54, 1.807) is 13.2 Å². The zero-order valence-electron chi connectivity index (χ0n) is 11.7. The molecule has 3 aromatic rings. The minimum Gasteiger partial charge on any atom is -0.495 e. The number of nitrogens with one attached hydrogen (secondary N) is 2. The normalized spacial score (nSPS) is 10.5. The fourth-order valence-corrected chi connectivity index (χ4v) is 2.33. The predicted octanol–water partition coefficient (Wildman–Crippen LogP) is 3.15. The highest BCUT2D eigenvalue weighted by molar-refractivity contribution is 5.78. The summed E-state index contributed by atoms with van der Waals surface area (Å²) in [5.74, 6) is 0.778. The number of methoxy groups -OCH3 is 1. The standard InChI is InChI=1S/C17H16N2O2/c1-21-17-9-5-4-8-15(17)18-11-12-10-16(20)13-6-2-3-7-14(13)19-12/h2-10,18H,11H2,1H3,(H,19,20). The van der Waals surface area contributed by atoms with Crippen LogP contribution >= 0.6 is 0 Å². The van der Waals surface area contributed by atoms with Crippen molar-refractivity contribution in [2.45, 2.75) is 6.54 Å². The van der Waals surface area contributed by atoms with E-state index in [9.17, 15) is 4.79 Å². The fraction of sp³-hybridized carbons (Fsp3) is 0.118. The number of hydrogen-bond donors (Lipinski definition) is 2. The monoisotopic (exact) mass is 280 g/mol. The number of para-hydroxylation sites is 3. The molecule has 0 aliphatic rings. The molecule has 0 fully saturated rings. The molecule has 0 saturated carbocycles. The molecule has 2 aromatic carbocycles. The quantitative estimate of drug-likeness (QED) is 0.772. The van der Waals surface area contributed by atoms with Crippen LogP contribution in [0.25, 0.3) is 10.9 Å². The van der Waals surface area contributed by atoms with E-state index >= 15 is 0 Å². The van der Waals surface area contributed by atoms with Gasteiger partial charge in [-0.1, -0.05) is 24.3 Å². The summed E-state index contributed by atoms with van der Waals surface area (Å²) in [7, 11) is 1.64. The maximum Gasteiger partial charge on any atom is 0.189 e. The van der Waals surface area contributed by atoms with Gasteiger partial charge in [-0.15, -0.1) is 0 Å². The Kier molecular flexibility index (Phi) is 3.60. The van der Waals surface area contributed by atoms with Gasteiger partial charge in [-0.25, -0.2) is 0 Å². The number of fused-ring (bicyclic) bond motifs is 1. The van der Waals surface area contributed by atoms with Crippen molar-refractivity contribution in [1.29, 1.82) is 0 Å². The summed E-state index contributed by atoms with van der Waals surface area (Å²) >= 11 is 0. The van der Waals surface area contributed by atoms with E-state index in [1.807, 2.05) is 48.5 Å². The molecule has 0 aliphatic heterocycles. The number of hydrogen-bond acceptors (Lipinski definition) is 3. The smallest absolute Gasteiger partial charge is 0.189 e. The summed E-state index contributed by atoms with van der Waals surface area (Å²) in [6, 6.07) is 16.8. The van der Waals surface area contributed by atoms with Gasteiger partial charge in [0, 0.05) is 22.7 Å². The lowest BCUT2D eigenvalue weighted by molar-refractivity contribution is 0.416. The van der Waals surface area contributed by atoms with Gasteiger partial charge in [-0.3, -0.25) is 4.79 Å². The number of aromatic amines is 1. The summed E-state index contributed by atoms with van der Waals surface area (Å²) in [4.78, 5) is 15.3. The lowest BCUT2D eigenvalue weighted by atomic mass is 10.2. The second kappa shape index (κ2) is 5.71. The first kappa shape index (κ1) is 13.2. The van der Waals surface area contributed by atoms with E-state index in [0.717, 1.165) is 22.6 Å². The Labute approximate surface area is 122 Å². The molecule has 0 atom stereocenters. The molecule has 0 amide bonds. The molecular weight excluding hydrogens is 264 g/mol. The van der Waals surface area contributed by atoms with Crippen molar-refractivity contribution >= 4 is 16.6 Å². The molecule has 1 heterocycles. The summed E-state index contributed by atoms with van der Waals surface area (Å²) in [5, 5.41) is 3.98. The molecule has 1 aromatic heterocycles. The number of H-pyrrole nitrogens is 1. The molecular formula is C17H16N2O2. The maximum atomic E-state index is 12.1. The van der Waals surface area contributed by atoms with Gasteiger partial charge in [-0.2, -0.15) is 0 Å². The Morgan fingerprint density at radius 3 is 2.71 bits per heavy atom. The molecule has 3 rings (SSSR count). The zero-order chi connectivity index (χ0) is 14.7. The minimum absolute atomic E-state index is 0.0289. The SMILES string of the molecule is COc1ccccc1NCc1cc(=O)c2ccccc2[nH]1. The van der Waals surface area contributed by atoms with Gasteiger partial charge in [0.05, 0.1) is 19.3 Å². The van der Waals surface area contributed by atoms with Crippen LogP contribution in [0, 0.1) is 0 Å². The van der Waals surface area contributed by atoms with E-state index in [4.69, 9.17) is 4.74 Å². The summed E-state index contributed by atoms with van der Waals surface area (Å²) in [6.07, 6.45) is 0. The van der Waals surface area contributed by atoms with Gasteiger partial charge >= 0.3 is 0 Å². The highest BCUT2D eigenvalue weighted by Crippen LogP contribution is 2.23. The van der Waals surface area contributed by atoms with E-state index < -0.39 is 0 Å². The number of benzene rings is 2. The van der Waals surface area contributed by atoms with Crippen molar-refractivity contribution in [3.8, 4) is 5.75 Å². The predicted molar refractivity (Wildman–Crippen MR) is 84.9 cm³/mol. The first-order chi connectivity index (χ1) is 10.3. The summed E-state index contributed by atoms with van der Waals surface area (Å²) < 4.78 is 5.29. The molecule has 0 bridgehead atoms. The van der Waals surface area contributed by atoms with Crippen molar-refractivity contribution in [2.24, 2.45) is 0 Å². The average molecular weight is 280 g/mol. The number of aromatic nitrogens is 1. The molecule has 2 N–H and O–H groups in total. The molecule has 0 radical (unpaired) electrons. The van der Waals surface area contributed by atoms with Crippen molar-refractivity contribution in [1.82, 2.24) is 4.98 Å². The highest BCUT2D eigenvalue weighted by Gasteiger charge is 2.04. The minimum atomic E-state index is 0.0289. The van der Waals surface area contributed by atoms with Gasteiger partial charge in [-0.05, 0) is 24.3 Å². The van der Waals surface area contributed by atoms with Crippen LogP contribution in [0.2, 0.25) is 0 Å². The number of pyridine rings is 1. The Morgan fingerprint density at radius 2 is 1.86 bits per heavy atom. The average Bonchev–Trinajstić information content (AvgIpc) is 2.53. The maximum absolute atomic E-state index is 12.1. The van der Waals surface area contributed by atoms with Crippen molar-refractivity contribution < 1.29 is 4.74 Å². The Balaban J connectivity index is 1.87. The number of ether oxygens (including phenoxy) is 1. The van der Waals surface area contributed by atoms with Gasteiger partial charge in [0.1, 0.15) is 5.75 Å². The molecule has 0 saturated heterocycles. The van der Waals surface area contributed by atoms with Crippen molar-refractivity contribution in [2.75, 3.05) is 12.4 Å². The van der Waals surface area contributed by atoms with Crippen LogP contribution in [-0.4, -0.2) is 12.1 Å². The van der Waals surface area contributed by atoms with Crippen LogP contribution in [-0.2, 0) is 6.54 Å². The largest absolute Gasteiger partial charge is 0.495 e. The fourth-order valence-electron chi connectivity index (χ4n) is 2.33. The summed E-state index contributed by atoms with van der Waals surface area (Å²) in [5.41, 5.74) is 2.61. The van der Waals surface area contributed by atoms with E-state index in [-0.39, 0.29) is 5.43 Å². The van der Waals surface area contributed by atoms with Crippen LogP contribution in [0.4, 0.5) is 5.69 Å². The summed E-state index contributed by atoms with van der Waals surface area (Å²) in [6.45, 7) is 0.528. The van der Waals surface area contributed by atoms with E-state index in [1.165, 1.54) is 0 Å². The molecule has 0 unspecified atom stereocenters. The van der Waals surface area contributed by atoms with E-state index in [2.05, 4.69) is 10.3 Å². The topological polar surface area (TPSA) is 54.1 Å². The Bertz CT molecular complexity index is 824. The molecule has 106 valence electrons. The lowest BCUT2D eigenvalue weighted by Gasteiger charge is -2.11. The van der Waals surface area contributed by atoms with Gasteiger partial charge in [0.2, 0.25) is 0 Å². The van der Waals surface area contributed by atoms with Crippen molar-refractivity contribution in [3.05, 3.63) is 70.5 Å². The van der Waals surface area contributed by atoms with Gasteiger partial charge in [0.25, 0.3) is 0 Å². The first-order valence-corrected chi connectivity index (χ1v) is 6.76. The number of anilines is 1. The highest BCUT2D eigenvalue weighted by atomic mass is 16.5. The third-order valence-electron chi connectivity index (χ3n) is 3.37. The zero-order valence-corrected chi connectivity index (χ0v) is 11.7. The lowest BCUT2D eigenvalue weighted by Crippen LogP contribution is -2.09. The van der Waals surface area contributed by atoms with Gasteiger partial charge in [0.15, 0.2) is 5.43 Å². The molecule has 0 spiro atoms. The molecule has 4 heteroatoms. The number of rotatable bonds is 4. The van der Waals surface area contributed by atoms with Crippen LogP contribution in [0.15, 0.2) is 59.4 Å². The van der Waals surface area contributed by atoms with Crippen LogP contribution in [0.1, 0.15) is 5.69 Å². The second-order valence-corrected chi connectivity index (χ2v) is 4.76. The molecule has 4 nitrogen and oxygen atoms in total. The van der Waals surface area contributed by atoms with E-state index in [0.29, 0.717) is 11.9 Å². The molecule has 21 heavy (non-hydrogen) atoms. The van der Waals surface area contributed by atoms with Gasteiger partial charge < -0.3 is 15.0 Å². The van der Waals surface area contributed by atoms with Crippen LogP contribution < -0.4 is 15.5 Å². The Hall–Kier alpha value is -2.75. The van der Waals surface area contributed by atoms with Crippen molar-refractivity contribution in [3.63, 3.8) is 0 Å². The van der Waals surface area contributed by atoms with Crippen LogP contribution in [0.5, 0.6) is 5.75 Å². The second-order valence-electron chi connectivity index (χ2n) is 4.76. The molecule has 0 aliphatic carbocycles. The Morgan fingerprint density at radius 1 is 1.10 bits per heavy atom.